The summed E-state index contributed by atoms with van der Waals surface area (Å²) in [5.41, 5.74) is 2.96. The highest BCUT2D eigenvalue weighted by Crippen LogP contribution is 2.35. The molecule has 2 unspecified atom stereocenters. The van der Waals surface area contributed by atoms with Gasteiger partial charge in [-0.3, -0.25) is 0 Å². The summed E-state index contributed by atoms with van der Waals surface area (Å²) in [7, 11) is 0. The third kappa shape index (κ3) is 5.57. The van der Waals surface area contributed by atoms with Crippen LogP contribution in [0, 0.1) is 17.7 Å². The molecule has 0 spiro atoms. The van der Waals surface area contributed by atoms with Gasteiger partial charge in [0.15, 0.2) is 0 Å². The molecule has 0 N–H and O–H groups in total. The highest BCUT2D eigenvalue weighted by molar-refractivity contribution is 7.19. The quantitative estimate of drug-likeness (QED) is 0.331. The van der Waals surface area contributed by atoms with Crippen molar-refractivity contribution < 1.29 is 4.39 Å². The predicted molar refractivity (Wildman–Crippen MR) is 128 cm³/mol. The molecule has 3 aromatic rings. The highest BCUT2D eigenvalue weighted by Gasteiger charge is 2.12. The highest BCUT2D eigenvalue weighted by atomic mass is 32.1. The molecule has 3 rings (SSSR count). The van der Waals surface area contributed by atoms with Crippen molar-refractivity contribution in [1.82, 2.24) is 0 Å². The number of rotatable bonds is 9. The average Bonchev–Trinajstić information content (AvgIpc) is 3.16. The molecule has 1 aromatic heterocycles. The van der Waals surface area contributed by atoms with E-state index >= 15 is 4.39 Å². The molecule has 0 aliphatic heterocycles. The number of allylic oxidation sites excluding steroid dienone is 1. The average molecular weight is 409 g/mol. The second kappa shape index (κ2) is 10.2. The maximum Gasteiger partial charge on any atom is 0.148 e. The topological polar surface area (TPSA) is 0 Å². The lowest BCUT2D eigenvalue weighted by atomic mass is 9.96. The minimum atomic E-state index is -0.0970. The van der Waals surface area contributed by atoms with Gasteiger partial charge < -0.3 is 0 Å². The number of aryl methyl sites for hydroxylation is 1. The van der Waals surface area contributed by atoms with Gasteiger partial charge in [0.05, 0.1) is 4.70 Å². The van der Waals surface area contributed by atoms with E-state index in [-0.39, 0.29) is 5.82 Å². The molecule has 2 atom stereocenters. The van der Waals surface area contributed by atoms with Crippen LogP contribution in [0.15, 0.2) is 48.5 Å². The number of hydrogen-bond acceptors (Lipinski definition) is 1. The minimum absolute atomic E-state index is 0.0970. The zero-order valence-corrected chi connectivity index (χ0v) is 19.0. The second-order valence-corrected chi connectivity index (χ2v) is 9.45. The lowest BCUT2D eigenvalue weighted by molar-refractivity contribution is 0.460. The molecule has 0 radical (unpaired) electrons. The fraction of sp³-hybridized carbons (Fsp3) is 0.407. The molecule has 0 fully saturated rings. The molecule has 0 saturated heterocycles. The summed E-state index contributed by atoms with van der Waals surface area (Å²) in [5, 5.41) is 0.991. The first-order valence-electron chi connectivity index (χ1n) is 11.0. The van der Waals surface area contributed by atoms with E-state index in [2.05, 4.69) is 58.0 Å². The largest absolute Gasteiger partial charge is 0.205 e. The van der Waals surface area contributed by atoms with Gasteiger partial charge in [-0.2, -0.15) is 0 Å². The zero-order valence-electron chi connectivity index (χ0n) is 18.2. The number of halogens is 1. The molecule has 1 heterocycles. The molecule has 0 bridgehead atoms. The first-order chi connectivity index (χ1) is 14.0. The normalized spacial score (nSPS) is 14.0. The molecule has 0 nitrogen and oxygen atoms in total. The maximum atomic E-state index is 15.3. The third-order valence-corrected chi connectivity index (χ3v) is 6.96. The summed E-state index contributed by atoms with van der Waals surface area (Å²) >= 11 is 1.55. The molecular formula is C27H33FS. The lowest BCUT2D eigenvalue weighted by Crippen LogP contribution is -1.96. The Kier molecular flexibility index (Phi) is 7.66. The summed E-state index contributed by atoms with van der Waals surface area (Å²) in [6.45, 7) is 9.02. The maximum absolute atomic E-state index is 15.3. The van der Waals surface area contributed by atoms with E-state index in [1.165, 1.54) is 24.8 Å². The van der Waals surface area contributed by atoms with E-state index in [1.54, 1.807) is 11.3 Å². The Hall–Kier alpha value is -1.93. The molecule has 0 amide bonds. The molecule has 0 aliphatic rings. The fourth-order valence-electron chi connectivity index (χ4n) is 3.64. The summed E-state index contributed by atoms with van der Waals surface area (Å²) in [6.07, 6.45) is 10.4. The number of benzene rings is 2. The monoisotopic (exact) mass is 408 g/mol. The van der Waals surface area contributed by atoms with Crippen molar-refractivity contribution in [3.8, 4) is 11.1 Å². The van der Waals surface area contributed by atoms with Crippen molar-refractivity contribution in [2.24, 2.45) is 11.8 Å². The molecule has 0 aliphatic carbocycles. The smallest absolute Gasteiger partial charge is 0.148 e. The Bertz CT molecular complexity index is 949. The van der Waals surface area contributed by atoms with Crippen LogP contribution in [-0.2, 0) is 6.42 Å². The van der Waals surface area contributed by atoms with Gasteiger partial charge in [0.2, 0.25) is 0 Å². The van der Waals surface area contributed by atoms with E-state index in [0.29, 0.717) is 11.5 Å². The number of thiophene rings is 1. The number of fused-ring (bicyclic) bond motifs is 1. The van der Waals surface area contributed by atoms with Crippen molar-refractivity contribution in [3.05, 3.63) is 64.8 Å². The second-order valence-electron chi connectivity index (χ2n) is 8.37. The van der Waals surface area contributed by atoms with Crippen molar-refractivity contribution in [1.29, 1.82) is 0 Å². The Morgan fingerprint density at radius 2 is 1.76 bits per heavy atom. The first-order valence-corrected chi connectivity index (χ1v) is 11.8. The van der Waals surface area contributed by atoms with Crippen molar-refractivity contribution >= 4 is 27.5 Å². The van der Waals surface area contributed by atoms with Crippen molar-refractivity contribution in [2.45, 2.75) is 59.8 Å². The SMILES string of the molecule is CCCc1ccc(-c2ccc3cc(/C=C/C(C)CCC(C)CC)sc3c2F)cc1. The van der Waals surface area contributed by atoms with Crippen LogP contribution in [0.2, 0.25) is 0 Å². The van der Waals surface area contributed by atoms with E-state index in [9.17, 15) is 0 Å². The van der Waals surface area contributed by atoms with Gasteiger partial charge in [0, 0.05) is 10.4 Å². The summed E-state index contributed by atoms with van der Waals surface area (Å²) < 4.78 is 16.0. The van der Waals surface area contributed by atoms with E-state index in [0.717, 1.165) is 39.3 Å². The minimum Gasteiger partial charge on any atom is -0.205 e. The molecule has 0 saturated carbocycles. The fourth-order valence-corrected chi connectivity index (χ4v) is 4.65. The van der Waals surface area contributed by atoms with Crippen LogP contribution in [0.3, 0.4) is 0 Å². The Morgan fingerprint density at radius 1 is 1.00 bits per heavy atom. The molecule has 2 aromatic carbocycles. The molecule has 2 heteroatoms. The zero-order chi connectivity index (χ0) is 20.8. The van der Waals surface area contributed by atoms with Crippen LogP contribution in [0.5, 0.6) is 0 Å². The van der Waals surface area contributed by atoms with Crippen LogP contribution in [0.1, 0.15) is 63.8 Å². The third-order valence-electron chi connectivity index (χ3n) is 5.85. The summed E-state index contributed by atoms with van der Waals surface area (Å²) in [4.78, 5) is 1.13. The predicted octanol–water partition coefficient (Wildman–Crippen LogP) is 9.14. The Balaban J connectivity index is 1.78. The van der Waals surface area contributed by atoms with Gasteiger partial charge in [-0.1, -0.05) is 89.4 Å². The van der Waals surface area contributed by atoms with Crippen LogP contribution in [-0.4, -0.2) is 0 Å². The number of hydrogen-bond donors (Lipinski definition) is 0. The van der Waals surface area contributed by atoms with E-state index in [4.69, 9.17) is 0 Å². The van der Waals surface area contributed by atoms with Crippen LogP contribution in [0.25, 0.3) is 27.3 Å². The van der Waals surface area contributed by atoms with Gasteiger partial charge >= 0.3 is 0 Å². The lowest BCUT2D eigenvalue weighted by Gasteiger charge is -2.10. The van der Waals surface area contributed by atoms with Gasteiger partial charge in [-0.05, 0) is 53.3 Å². The Morgan fingerprint density at radius 3 is 2.45 bits per heavy atom. The van der Waals surface area contributed by atoms with E-state index in [1.807, 2.05) is 24.3 Å². The van der Waals surface area contributed by atoms with Crippen LogP contribution in [0.4, 0.5) is 4.39 Å². The molecule has 29 heavy (non-hydrogen) atoms. The van der Waals surface area contributed by atoms with Gasteiger partial charge in [-0.25, -0.2) is 4.39 Å². The van der Waals surface area contributed by atoms with Crippen molar-refractivity contribution in [2.75, 3.05) is 0 Å². The van der Waals surface area contributed by atoms with Gasteiger partial charge in [0.1, 0.15) is 5.82 Å². The molecular weight excluding hydrogens is 375 g/mol. The standard InChI is InChI=1S/C27H33FS/c1-5-7-21-11-13-22(14-12-21)25-17-15-23-18-24(29-27(23)26(25)28)16-10-20(4)9-8-19(3)6-2/h10-20H,5-9H2,1-4H3/b16-10+. The van der Waals surface area contributed by atoms with Crippen LogP contribution < -0.4 is 0 Å². The Labute approximate surface area is 179 Å². The van der Waals surface area contributed by atoms with Crippen molar-refractivity contribution in [3.63, 3.8) is 0 Å². The molecule has 154 valence electrons. The first kappa shape index (κ1) is 21.8. The van der Waals surface area contributed by atoms with Gasteiger partial charge in [0.25, 0.3) is 0 Å². The van der Waals surface area contributed by atoms with Gasteiger partial charge in [-0.15, -0.1) is 11.3 Å². The summed E-state index contributed by atoms with van der Waals surface area (Å²) in [6, 6.07) is 14.4. The van der Waals surface area contributed by atoms with Crippen LogP contribution >= 0.6 is 11.3 Å². The summed E-state index contributed by atoms with van der Waals surface area (Å²) in [5.74, 6) is 1.25. The van der Waals surface area contributed by atoms with E-state index < -0.39 is 0 Å².